The second-order valence-corrected chi connectivity index (χ2v) is 9.53. The summed E-state index contributed by atoms with van der Waals surface area (Å²) < 4.78 is 5.49. The van der Waals surface area contributed by atoms with Crippen LogP contribution in [0.2, 0.25) is 0 Å². The molecule has 0 aliphatic heterocycles. The number of nitrogen functional groups attached to an aromatic ring is 1. The molecule has 8 N–H and O–H groups in total. The summed E-state index contributed by atoms with van der Waals surface area (Å²) in [6.45, 7) is 6.54. The van der Waals surface area contributed by atoms with Crippen LogP contribution in [0.1, 0.15) is 70.4 Å². The smallest absolute Gasteiger partial charge is 0.336 e. The number of aromatic carboxylic acids is 1. The van der Waals surface area contributed by atoms with Gasteiger partial charge in [0.25, 0.3) is 11.8 Å². The van der Waals surface area contributed by atoms with Crippen LogP contribution in [-0.2, 0) is 0 Å². The first-order valence-corrected chi connectivity index (χ1v) is 13.4. The van der Waals surface area contributed by atoms with Gasteiger partial charge in [-0.2, -0.15) is 0 Å². The van der Waals surface area contributed by atoms with Gasteiger partial charge in [0, 0.05) is 34.5 Å². The predicted molar refractivity (Wildman–Crippen MR) is 158 cm³/mol. The lowest BCUT2D eigenvalue weighted by Crippen LogP contribution is -2.40. The van der Waals surface area contributed by atoms with Gasteiger partial charge in [-0.05, 0) is 73.8 Å². The van der Waals surface area contributed by atoms with Crippen LogP contribution in [0.5, 0.6) is 5.88 Å². The highest BCUT2D eigenvalue weighted by Gasteiger charge is 2.24. The molecule has 41 heavy (non-hydrogen) atoms. The van der Waals surface area contributed by atoms with Crippen molar-refractivity contribution in [2.75, 3.05) is 18.5 Å². The number of anilines is 1. The van der Waals surface area contributed by atoms with E-state index in [0.29, 0.717) is 30.8 Å². The van der Waals surface area contributed by atoms with Gasteiger partial charge in [0.05, 0.1) is 12.2 Å². The number of carboxylic acids is 1. The number of carbonyl (C=O) groups excluding carboxylic acids is 2. The number of carboxylic acid groups (broad SMARTS) is 1. The Morgan fingerprint density at radius 1 is 1.00 bits per heavy atom. The van der Waals surface area contributed by atoms with Gasteiger partial charge in [-0.1, -0.05) is 26.3 Å². The van der Waals surface area contributed by atoms with Crippen molar-refractivity contribution in [3.05, 3.63) is 77.0 Å². The third kappa shape index (κ3) is 7.67. The summed E-state index contributed by atoms with van der Waals surface area (Å²) in [5.41, 5.74) is 12.6. The first-order chi connectivity index (χ1) is 19.6. The zero-order valence-electron chi connectivity index (χ0n) is 23.4. The monoisotopic (exact) mass is 560 g/mol. The van der Waals surface area contributed by atoms with Crippen LogP contribution in [0, 0.1) is 11.3 Å². The fourth-order valence-corrected chi connectivity index (χ4v) is 4.30. The quantitative estimate of drug-likeness (QED) is 0.134. The van der Waals surface area contributed by atoms with E-state index in [1.54, 1.807) is 43.3 Å². The van der Waals surface area contributed by atoms with Crippen LogP contribution in [-0.4, -0.2) is 52.9 Å². The van der Waals surface area contributed by atoms with Crippen LogP contribution in [0.25, 0.3) is 11.1 Å². The van der Waals surface area contributed by atoms with Crippen molar-refractivity contribution in [1.29, 1.82) is 5.41 Å². The maximum absolute atomic E-state index is 13.4. The minimum atomic E-state index is -1.27. The number of hydrogen-bond donors (Lipinski definition) is 6. The predicted octanol–water partition coefficient (Wildman–Crippen LogP) is 3.88. The van der Waals surface area contributed by atoms with E-state index in [0.717, 1.165) is 6.42 Å². The lowest BCUT2D eigenvalue weighted by Gasteiger charge is -2.24. The first-order valence-electron chi connectivity index (χ1n) is 13.4. The molecule has 0 radical (unpaired) electrons. The molecule has 1 heterocycles. The van der Waals surface area contributed by atoms with Gasteiger partial charge in [-0.3, -0.25) is 15.0 Å². The number of hydrogen-bond acceptors (Lipinski definition) is 7. The van der Waals surface area contributed by atoms with Crippen LogP contribution >= 0.6 is 0 Å². The molecule has 11 nitrogen and oxygen atoms in total. The van der Waals surface area contributed by atoms with Crippen molar-refractivity contribution in [3.8, 4) is 17.0 Å². The van der Waals surface area contributed by atoms with Gasteiger partial charge in [-0.25, -0.2) is 9.78 Å². The number of carbonyl (C=O) groups is 3. The summed E-state index contributed by atoms with van der Waals surface area (Å²) >= 11 is 0. The van der Waals surface area contributed by atoms with E-state index < -0.39 is 17.8 Å². The van der Waals surface area contributed by atoms with E-state index in [1.165, 1.54) is 18.2 Å². The Balaban J connectivity index is 2.02. The molecular weight excluding hydrogens is 524 g/mol. The SMILES string of the molecule is CCOc1ccc(-c2ccc(C(=O)NC(CCN)C(C)CC)cc2C(=O)O)c(C(=O)Nc2ccc(C(=N)N)cc2)n1. The van der Waals surface area contributed by atoms with Gasteiger partial charge >= 0.3 is 5.97 Å². The minimum Gasteiger partial charge on any atom is -0.478 e. The zero-order valence-corrected chi connectivity index (χ0v) is 23.4. The van der Waals surface area contributed by atoms with Crippen molar-refractivity contribution >= 4 is 29.3 Å². The molecule has 2 aromatic carbocycles. The lowest BCUT2D eigenvalue weighted by atomic mass is 9.94. The van der Waals surface area contributed by atoms with Crippen molar-refractivity contribution in [2.24, 2.45) is 17.4 Å². The molecule has 0 saturated heterocycles. The largest absolute Gasteiger partial charge is 0.478 e. The van der Waals surface area contributed by atoms with Crippen molar-refractivity contribution in [3.63, 3.8) is 0 Å². The number of ether oxygens (including phenoxy) is 1. The molecule has 2 unspecified atom stereocenters. The van der Waals surface area contributed by atoms with Crippen molar-refractivity contribution in [1.82, 2.24) is 10.3 Å². The van der Waals surface area contributed by atoms with Gasteiger partial charge in [0.15, 0.2) is 0 Å². The molecule has 0 saturated carbocycles. The molecule has 0 aliphatic rings. The molecule has 1 aromatic heterocycles. The van der Waals surface area contributed by atoms with E-state index in [-0.39, 0.29) is 51.6 Å². The summed E-state index contributed by atoms with van der Waals surface area (Å²) in [4.78, 5) is 43.2. The zero-order chi connectivity index (χ0) is 30.1. The van der Waals surface area contributed by atoms with Crippen LogP contribution in [0.3, 0.4) is 0 Å². The summed E-state index contributed by atoms with van der Waals surface area (Å²) in [6.07, 6.45) is 1.44. The highest BCUT2D eigenvalue weighted by Crippen LogP contribution is 2.30. The number of amidine groups is 1. The van der Waals surface area contributed by atoms with E-state index >= 15 is 0 Å². The number of nitrogens with two attached hydrogens (primary N) is 2. The van der Waals surface area contributed by atoms with Crippen LogP contribution in [0.15, 0.2) is 54.6 Å². The fourth-order valence-electron chi connectivity index (χ4n) is 4.30. The molecule has 3 aromatic rings. The Labute approximate surface area is 238 Å². The second kappa shape index (κ2) is 14.0. The molecule has 0 spiro atoms. The van der Waals surface area contributed by atoms with E-state index in [4.69, 9.17) is 21.6 Å². The average Bonchev–Trinajstić information content (AvgIpc) is 2.96. The summed E-state index contributed by atoms with van der Waals surface area (Å²) in [7, 11) is 0. The van der Waals surface area contributed by atoms with Gasteiger partial charge in [0.1, 0.15) is 11.5 Å². The molecule has 3 rings (SSSR count). The van der Waals surface area contributed by atoms with Gasteiger partial charge in [0.2, 0.25) is 5.88 Å². The Bertz CT molecular complexity index is 1420. The average molecular weight is 561 g/mol. The van der Waals surface area contributed by atoms with Gasteiger partial charge in [-0.15, -0.1) is 0 Å². The fraction of sp³-hybridized carbons (Fsp3) is 0.300. The van der Waals surface area contributed by atoms with Crippen molar-refractivity contribution in [2.45, 2.75) is 39.7 Å². The maximum Gasteiger partial charge on any atom is 0.336 e. The second-order valence-electron chi connectivity index (χ2n) is 9.53. The highest BCUT2D eigenvalue weighted by atomic mass is 16.5. The molecule has 2 atom stereocenters. The first kappa shape index (κ1) is 30.8. The number of nitrogens with one attached hydrogen (secondary N) is 3. The van der Waals surface area contributed by atoms with Crippen LogP contribution in [0.4, 0.5) is 5.69 Å². The standard InChI is InChI=1S/C30H36N6O5/c1-4-17(3)24(14-15-31)35-28(37)19-8-11-21(23(16-19)30(39)40)22-12-13-25(41-5-2)36-26(22)29(38)34-20-9-6-18(7-10-20)27(32)33/h6-13,16-17,24H,4-5,14-15,31H2,1-3H3,(H3,32,33)(H,34,38)(H,35,37)(H,39,40). The molecule has 2 amide bonds. The molecule has 216 valence electrons. The van der Waals surface area contributed by atoms with E-state index in [1.807, 2.05) is 13.8 Å². The highest BCUT2D eigenvalue weighted by molar-refractivity contribution is 6.10. The molecule has 11 heteroatoms. The Hall–Kier alpha value is -4.77. The summed E-state index contributed by atoms with van der Waals surface area (Å²) in [6, 6.07) is 13.6. The van der Waals surface area contributed by atoms with E-state index in [9.17, 15) is 19.5 Å². The maximum atomic E-state index is 13.4. The number of rotatable bonds is 13. The summed E-state index contributed by atoms with van der Waals surface area (Å²) in [5, 5.41) is 23.3. The van der Waals surface area contributed by atoms with E-state index in [2.05, 4.69) is 15.6 Å². The Kier molecular flexibility index (Phi) is 10.5. The molecule has 0 bridgehead atoms. The molecule has 0 fully saturated rings. The third-order valence-corrected chi connectivity index (χ3v) is 6.76. The Morgan fingerprint density at radius 2 is 1.66 bits per heavy atom. The normalized spacial score (nSPS) is 12.2. The number of aromatic nitrogens is 1. The van der Waals surface area contributed by atoms with Crippen molar-refractivity contribution < 1.29 is 24.2 Å². The topological polar surface area (TPSA) is 194 Å². The summed E-state index contributed by atoms with van der Waals surface area (Å²) in [5.74, 6) is -2.00. The molecular formula is C30H36N6O5. The minimum absolute atomic E-state index is 0.0638. The molecule has 0 aliphatic carbocycles. The van der Waals surface area contributed by atoms with Gasteiger partial charge < -0.3 is 31.9 Å². The number of pyridine rings is 1. The number of amides is 2. The number of nitrogens with zero attached hydrogens (tertiary/aromatic N) is 1. The van der Waals surface area contributed by atoms with Crippen LogP contribution < -0.4 is 26.8 Å². The number of benzene rings is 2. The Morgan fingerprint density at radius 3 is 2.24 bits per heavy atom. The lowest BCUT2D eigenvalue weighted by molar-refractivity contribution is 0.0697. The third-order valence-electron chi connectivity index (χ3n) is 6.76.